The summed E-state index contributed by atoms with van der Waals surface area (Å²) in [6, 6.07) is 25.6. The highest BCUT2D eigenvalue weighted by Crippen LogP contribution is 2.23. The maximum Gasteiger partial charge on any atom is 0.0242 e. The van der Waals surface area contributed by atoms with E-state index in [1.807, 2.05) is 12.1 Å². The Hall–Kier alpha value is -2.78. The van der Waals surface area contributed by atoms with Crippen LogP contribution in [0, 0.1) is 26.2 Å². The number of rotatable bonds is 0. The molecule has 0 spiro atoms. The minimum atomic E-state index is 0.215. The molecule has 0 saturated carbocycles. The average Bonchev–Trinajstić information content (AvgIpc) is 2.73. The van der Waals surface area contributed by atoms with E-state index in [-0.39, 0.29) is 16.2 Å². The summed E-state index contributed by atoms with van der Waals surface area (Å²) in [7, 11) is 0. The van der Waals surface area contributed by atoms with Gasteiger partial charge in [0.15, 0.2) is 0 Å². The Labute approximate surface area is 210 Å². The molecule has 0 fully saturated rings. The maximum absolute atomic E-state index is 5.26. The molecule has 0 aliphatic rings. The Kier molecular flexibility index (Phi) is 10.4. The fraction of sp³-hybridized carbons (Fsp3) is 0.412. The largest absolute Gasteiger partial charge is 0.115 e. The predicted molar refractivity (Wildman–Crippen MR) is 153 cm³/mol. The van der Waals surface area contributed by atoms with Crippen molar-refractivity contribution in [3.8, 4) is 12.3 Å². The second-order valence-electron chi connectivity index (χ2n) is 12.2. The van der Waals surface area contributed by atoms with Gasteiger partial charge in [-0.15, -0.1) is 6.42 Å². The standard InChI is InChI=1S/C12H14.2C11H16/c1-5-10-6-8-11(9-7-10)12(2,3)4;2*1-9-5-7-10(8-6-9)11(2,3)4/h1,6-9H,2-4H3;2*5-8H,1-4H3. The number of terminal acetylenes is 1. The second-order valence-corrected chi connectivity index (χ2v) is 12.2. The van der Waals surface area contributed by atoms with E-state index >= 15 is 0 Å². The summed E-state index contributed by atoms with van der Waals surface area (Å²) in [6.07, 6.45) is 5.26. The molecule has 3 aromatic carbocycles. The van der Waals surface area contributed by atoms with Gasteiger partial charge in [-0.05, 0) is 58.9 Å². The van der Waals surface area contributed by atoms with Gasteiger partial charge in [0.25, 0.3) is 0 Å². The van der Waals surface area contributed by atoms with Crippen molar-refractivity contribution in [2.45, 2.75) is 92.4 Å². The summed E-state index contributed by atoms with van der Waals surface area (Å²) in [5, 5.41) is 0. The van der Waals surface area contributed by atoms with Gasteiger partial charge in [0.1, 0.15) is 0 Å². The fourth-order valence-corrected chi connectivity index (χ4v) is 3.17. The summed E-state index contributed by atoms with van der Waals surface area (Å²) in [6.45, 7) is 24.2. The highest BCUT2D eigenvalue weighted by molar-refractivity contribution is 5.36. The van der Waals surface area contributed by atoms with Crippen molar-refractivity contribution in [2.75, 3.05) is 0 Å². The van der Waals surface area contributed by atoms with Crippen molar-refractivity contribution in [3.63, 3.8) is 0 Å². The van der Waals surface area contributed by atoms with Crippen molar-refractivity contribution in [2.24, 2.45) is 0 Å². The molecule has 182 valence electrons. The van der Waals surface area contributed by atoms with Crippen LogP contribution in [0.3, 0.4) is 0 Å². The Balaban J connectivity index is 0.000000255. The number of hydrogen-bond donors (Lipinski definition) is 0. The lowest BCUT2D eigenvalue weighted by Gasteiger charge is -2.18. The van der Waals surface area contributed by atoms with Crippen molar-refractivity contribution in [1.29, 1.82) is 0 Å². The van der Waals surface area contributed by atoms with Crippen molar-refractivity contribution >= 4 is 0 Å². The zero-order chi connectivity index (χ0) is 26.2. The smallest absolute Gasteiger partial charge is 0.0242 e. The Morgan fingerprint density at radius 3 is 0.882 bits per heavy atom. The molecule has 0 unspecified atom stereocenters. The molecule has 0 aliphatic heterocycles. The molecule has 3 rings (SSSR count). The SMILES string of the molecule is C#Cc1ccc(C(C)(C)C)cc1.Cc1ccc(C(C)(C)C)cc1.Cc1ccc(C(C)(C)C)cc1. The minimum absolute atomic E-state index is 0.215. The van der Waals surface area contributed by atoms with Gasteiger partial charge < -0.3 is 0 Å². The van der Waals surface area contributed by atoms with Crippen LogP contribution in [0.4, 0.5) is 0 Å². The molecule has 0 aromatic heterocycles. The number of hydrogen-bond acceptors (Lipinski definition) is 0. The van der Waals surface area contributed by atoms with Crippen molar-refractivity contribution in [3.05, 3.63) is 106 Å². The van der Waals surface area contributed by atoms with E-state index < -0.39 is 0 Å². The van der Waals surface area contributed by atoms with Crippen LogP contribution in [-0.4, -0.2) is 0 Å². The highest BCUT2D eigenvalue weighted by atomic mass is 14.2. The molecule has 0 saturated heterocycles. The van der Waals surface area contributed by atoms with Gasteiger partial charge in [-0.25, -0.2) is 0 Å². The van der Waals surface area contributed by atoms with Crippen LogP contribution in [0.25, 0.3) is 0 Å². The molecule has 0 N–H and O–H groups in total. The maximum atomic E-state index is 5.26. The van der Waals surface area contributed by atoms with Crippen LogP contribution in [-0.2, 0) is 16.2 Å². The predicted octanol–water partition coefficient (Wildman–Crippen LogP) is 9.55. The van der Waals surface area contributed by atoms with Crippen LogP contribution in [0.15, 0.2) is 72.8 Å². The molecule has 0 atom stereocenters. The Morgan fingerprint density at radius 1 is 0.441 bits per heavy atom. The quantitative estimate of drug-likeness (QED) is 0.297. The van der Waals surface area contributed by atoms with Crippen molar-refractivity contribution < 1.29 is 0 Å². The monoisotopic (exact) mass is 454 g/mol. The molecular weight excluding hydrogens is 408 g/mol. The van der Waals surface area contributed by atoms with Crippen molar-refractivity contribution in [1.82, 2.24) is 0 Å². The minimum Gasteiger partial charge on any atom is -0.115 e. The Morgan fingerprint density at radius 2 is 0.676 bits per heavy atom. The van der Waals surface area contributed by atoms with Gasteiger partial charge in [0.05, 0.1) is 0 Å². The molecular formula is C34H46. The van der Waals surface area contributed by atoms with Gasteiger partial charge in [-0.1, -0.05) is 140 Å². The first-order chi connectivity index (χ1) is 15.5. The number of benzene rings is 3. The van der Waals surface area contributed by atoms with Gasteiger partial charge in [0, 0.05) is 5.56 Å². The molecule has 3 aromatic rings. The van der Waals surface area contributed by atoms with Gasteiger partial charge in [0.2, 0.25) is 0 Å². The number of aryl methyl sites for hydroxylation is 2. The third-order valence-electron chi connectivity index (χ3n) is 5.75. The first-order valence-electron chi connectivity index (χ1n) is 12.3. The molecule has 0 radical (unpaired) electrons. The molecule has 0 nitrogen and oxygen atoms in total. The van der Waals surface area contributed by atoms with Gasteiger partial charge in [-0.2, -0.15) is 0 Å². The highest BCUT2D eigenvalue weighted by Gasteiger charge is 2.13. The summed E-state index contributed by atoms with van der Waals surface area (Å²) in [4.78, 5) is 0. The molecule has 0 amide bonds. The third-order valence-corrected chi connectivity index (χ3v) is 5.75. The van der Waals surface area contributed by atoms with E-state index in [9.17, 15) is 0 Å². The van der Waals surface area contributed by atoms with E-state index in [0.717, 1.165) is 5.56 Å². The molecule has 34 heavy (non-hydrogen) atoms. The Bertz CT molecular complexity index is 963. The van der Waals surface area contributed by atoms with Gasteiger partial charge >= 0.3 is 0 Å². The lowest BCUT2D eigenvalue weighted by Crippen LogP contribution is -2.10. The fourth-order valence-electron chi connectivity index (χ4n) is 3.17. The molecule has 0 aliphatic carbocycles. The average molecular weight is 455 g/mol. The first kappa shape index (κ1) is 29.3. The summed E-state index contributed by atoms with van der Waals surface area (Å²) in [5.41, 5.74) is 8.53. The van der Waals surface area contributed by atoms with E-state index in [1.54, 1.807) is 0 Å². The normalized spacial score (nSPS) is 11.4. The van der Waals surface area contributed by atoms with Gasteiger partial charge in [-0.3, -0.25) is 0 Å². The topological polar surface area (TPSA) is 0 Å². The molecule has 0 heteroatoms. The van der Waals surface area contributed by atoms with Crippen LogP contribution in [0.1, 0.15) is 95.7 Å². The van der Waals surface area contributed by atoms with E-state index in [2.05, 4.69) is 143 Å². The molecule has 0 heterocycles. The van der Waals surface area contributed by atoms with E-state index in [4.69, 9.17) is 6.42 Å². The lowest BCUT2D eigenvalue weighted by atomic mass is 9.87. The van der Waals surface area contributed by atoms with Crippen LogP contribution >= 0.6 is 0 Å². The summed E-state index contributed by atoms with van der Waals surface area (Å²) in [5.74, 6) is 2.61. The van der Waals surface area contributed by atoms with E-state index in [1.165, 1.54) is 27.8 Å². The summed E-state index contributed by atoms with van der Waals surface area (Å²) >= 11 is 0. The lowest BCUT2D eigenvalue weighted by molar-refractivity contribution is 0.590. The van der Waals surface area contributed by atoms with Crippen LogP contribution in [0.2, 0.25) is 0 Å². The van der Waals surface area contributed by atoms with E-state index in [0.29, 0.717) is 0 Å². The second kappa shape index (κ2) is 12.1. The zero-order valence-corrected chi connectivity index (χ0v) is 23.5. The molecule has 0 bridgehead atoms. The first-order valence-corrected chi connectivity index (χ1v) is 12.3. The summed E-state index contributed by atoms with van der Waals surface area (Å²) < 4.78 is 0. The zero-order valence-electron chi connectivity index (χ0n) is 23.5. The van der Waals surface area contributed by atoms with Crippen LogP contribution in [0.5, 0.6) is 0 Å². The van der Waals surface area contributed by atoms with Crippen LogP contribution < -0.4 is 0 Å². The third kappa shape index (κ3) is 10.4.